The number of benzene rings is 2. The van der Waals surface area contributed by atoms with Crippen LogP contribution in [0.2, 0.25) is 0 Å². The number of anilines is 1. The SMILES string of the molecule is COc1ccccc1OCCNC(=O)Nc1ccc2c(ccn2CC(=O)N(C)C)c1. The maximum Gasteiger partial charge on any atom is 0.319 e. The number of aromatic nitrogens is 1. The number of methoxy groups -OCH3 is 1. The van der Waals surface area contributed by atoms with Crippen LogP contribution < -0.4 is 20.1 Å². The van der Waals surface area contributed by atoms with Gasteiger partial charge in [-0.3, -0.25) is 4.79 Å². The number of urea groups is 1. The summed E-state index contributed by atoms with van der Waals surface area (Å²) in [6.45, 7) is 0.931. The van der Waals surface area contributed by atoms with E-state index in [0.29, 0.717) is 30.3 Å². The van der Waals surface area contributed by atoms with Crippen molar-refractivity contribution in [2.45, 2.75) is 6.54 Å². The molecule has 0 saturated carbocycles. The van der Waals surface area contributed by atoms with Crippen molar-refractivity contribution >= 4 is 28.5 Å². The van der Waals surface area contributed by atoms with Crippen LogP contribution in [0.4, 0.5) is 10.5 Å². The predicted octanol–water partition coefficient (Wildman–Crippen LogP) is 2.94. The number of carbonyl (C=O) groups is 2. The van der Waals surface area contributed by atoms with Gasteiger partial charge in [-0.25, -0.2) is 4.79 Å². The molecule has 1 aromatic heterocycles. The number of likely N-dealkylation sites (N-methyl/N-ethyl adjacent to an activating group) is 1. The molecule has 0 saturated heterocycles. The number of rotatable bonds is 8. The molecular weight excluding hydrogens is 384 g/mol. The van der Waals surface area contributed by atoms with Crippen LogP contribution >= 0.6 is 0 Å². The summed E-state index contributed by atoms with van der Waals surface area (Å²) in [5.74, 6) is 1.30. The number of nitrogens with one attached hydrogen (secondary N) is 2. The van der Waals surface area contributed by atoms with Gasteiger partial charge in [0.1, 0.15) is 13.2 Å². The van der Waals surface area contributed by atoms with Crippen molar-refractivity contribution in [3.63, 3.8) is 0 Å². The molecule has 158 valence electrons. The molecule has 0 radical (unpaired) electrons. The van der Waals surface area contributed by atoms with E-state index in [9.17, 15) is 9.59 Å². The highest BCUT2D eigenvalue weighted by Crippen LogP contribution is 2.25. The highest BCUT2D eigenvalue weighted by Gasteiger charge is 2.09. The van der Waals surface area contributed by atoms with Crippen molar-refractivity contribution < 1.29 is 19.1 Å². The molecule has 0 unspecified atom stereocenters. The standard InChI is InChI=1S/C22H26N4O4/c1-25(2)21(27)15-26-12-10-16-14-17(8-9-18(16)26)24-22(28)23-11-13-30-20-7-5-4-6-19(20)29-3/h4-10,12,14H,11,13,15H2,1-3H3,(H2,23,24,28). The van der Waals surface area contributed by atoms with E-state index < -0.39 is 0 Å². The Kier molecular flexibility index (Phi) is 6.79. The second kappa shape index (κ2) is 9.69. The Hall–Kier alpha value is -3.68. The molecule has 30 heavy (non-hydrogen) atoms. The molecule has 0 bridgehead atoms. The quantitative estimate of drug-likeness (QED) is 0.559. The van der Waals surface area contributed by atoms with E-state index in [2.05, 4.69) is 10.6 Å². The lowest BCUT2D eigenvalue weighted by molar-refractivity contribution is -0.129. The van der Waals surface area contributed by atoms with Gasteiger partial charge in [-0.15, -0.1) is 0 Å². The zero-order chi connectivity index (χ0) is 21.5. The molecule has 0 atom stereocenters. The fourth-order valence-corrected chi connectivity index (χ4v) is 2.94. The Bertz CT molecular complexity index is 1030. The molecule has 3 amide bonds. The van der Waals surface area contributed by atoms with Crippen molar-refractivity contribution in [2.75, 3.05) is 39.7 Å². The minimum absolute atomic E-state index is 0.0180. The fraction of sp³-hybridized carbons (Fsp3) is 0.273. The fourth-order valence-electron chi connectivity index (χ4n) is 2.94. The maximum absolute atomic E-state index is 12.2. The number of hydrogen-bond acceptors (Lipinski definition) is 4. The van der Waals surface area contributed by atoms with E-state index in [1.54, 1.807) is 26.1 Å². The lowest BCUT2D eigenvalue weighted by Gasteiger charge is -2.12. The Balaban J connectivity index is 1.51. The summed E-state index contributed by atoms with van der Waals surface area (Å²) in [5, 5.41) is 6.51. The second-order valence-corrected chi connectivity index (χ2v) is 6.89. The van der Waals surface area contributed by atoms with E-state index in [1.165, 1.54) is 0 Å². The van der Waals surface area contributed by atoms with Crippen LogP contribution in [0.15, 0.2) is 54.7 Å². The topological polar surface area (TPSA) is 84.8 Å². The Morgan fingerprint density at radius 3 is 2.57 bits per heavy atom. The van der Waals surface area contributed by atoms with Crippen LogP contribution in [0.3, 0.4) is 0 Å². The largest absolute Gasteiger partial charge is 0.493 e. The molecule has 1 heterocycles. The number of ether oxygens (including phenoxy) is 2. The summed E-state index contributed by atoms with van der Waals surface area (Å²) in [5.41, 5.74) is 1.60. The number of nitrogens with zero attached hydrogens (tertiary/aromatic N) is 2. The Morgan fingerprint density at radius 1 is 1.07 bits per heavy atom. The number of para-hydroxylation sites is 2. The van der Waals surface area contributed by atoms with Crippen molar-refractivity contribution in [1.82, 2.24) is 14.8 Å². The van der Waals surface area contributed by atoms with Crippen molar-refractivity contribution in [1.29, 1.82) is 0 Å². The molecule has 0 fully saturated rings. The molecule has 0 aliphatic carbocycles. The monoisotopic (exact) mass is 410 g/mol. The number of amides is 3. The number of hydrogen-bond donors (Lipinski definition) is 2. The van der Waals surface area contributed by atoms with Gasteiger partial charge in [0, 0.05) is 36.9 Å². The molecular formula is C22H26N4O4. The summed E-state index contributed by atoms with van der Waals surface area (Å²) in [4.78, 5) is 25.7. The van der Waals surface area contributed by atoms with E-state index in [-0.39, 0.29) is 18.5 Å². The average Bonchev–Trinajstić information content (AvgIpc) is 3.13. The Labute approximate surface area is 175 Å². The first-order valence-electron chi connectivity index (χ1n) is 9.57. The van der Waals surface area contributed by atoms with Gasteiger partial charge in [-0.2, -0.15) is 0 Å². The molecule has 2 N–H and O–H groups in total. The Morgan fingerprint density at radius 2 is 1.83 bits per heavy atom. The molecule has 2 aromatic carbocycles. The predicted molar refractivity (Wildman–Crippen MR) is 116 cm³/mol. The third-order valence-corrected chi connectivity index (χ3v) is 4.55. The molecule has 8 nitrogen and oxygen atoms in total. The van der Waals surface area contributed by atoms with Gasteiger partial charge >= 0.3 is 6.03 Å². The van der Waals surface area contributed by atoms with Gasteiger partial charge in [0.25, 0.3) is 0 Å². The third kappa shape index (κ3) is 5.22. The normalized spacial score (nSPS) is 10.5. The molecule has 0 aliphatic heterocycles. The summed E-state index contributed by atoms with van der Waals surface area (Å²) < 4.78 is 12.7. The second-order valence-electron chi connectivity index (χ2n) is 6.89. The third-order valence-electron chi connectivity index (χ3n) is 4.55. The smallest absolute Gasteiger partial charge is 0.319 e. The molecule has 3 aromatic rings. The van der Waals surface area contributed by atoms with Crippen LogP contribution in [0.1, 0.15) is 0 Å². The first-order valence-corrected chi connectivity index (χ1v) is 9.57. The van der Waals surface area contributed by atoms with Gasteiger partial charge in [-0.1, -0.05) is 12.1 Å². The van der Waals surface area contributed by atoms with E-state index >= 15 is 0 Å². The minimum Gasteiger partial charge on any atom is -0.493 e. The summed E-state index contributed by atoms with van der Waals surface area (Å²) in [7, 11) is 5.05. The first kappa shape index (κ1) is 21.0. The lowest BCUT2D eigenvalue weighted by atomic mass is 10.2. The molecule has 3 rings (SSSR count). The number of fused-ring (bicyclic) bond motifs is 1. The van der Waals surface area contributed by atoms with Gasteiger partial charge in [-0.05, 0) is 36.4 Å². The van der Waals surface area contributed by atoms with Crippen molar-refractivity contribution in [3.05, 3.63) is 54.7 Å². The first-order chi connectivity index (χ1) is 14.5. The van der Waals surface area contributed by atoms with Crippen LogP contribution in [-0.2, 0) is 11.3 Å². The summed E-state index contributed by atoms with van der Waals surface area (Å²) in [6, 6.07) is 14.5. The van der Waals surface area contributed by atoms with Crippen LogP contribution in [0, 0.1) is 0 Å². The van der Waals surface area contributed by atoms with Crippen LogP contribution in [-0.4, -0.2) is 55.8 Å². The van der Waals surface area contributed by atoms with Crippen molar-refractivity contribution in [2.24, 2.45) is 0 Å². The average molecular weight is 410 g/mol. The van der Waals surface area contributed by atoms with E-state index in [1.807, 2.05) is 59.3 Å². The summed E-state index contributed by atoms with van der Waals surface area (Å²) >= 11 is 0. The van der Waals surface area contributed by atoms with Gasteiger partial charge in [0.2, 0.25) is 5.91 Å². The highest BCUT2D eigenvalue weighted by molar-refractivity contribution is 5.93. The molecule has 8 heteroatoms. The van der Waals surface area contributed by atoms with Gasteiger partial charge < -0.3 is 29.6 Å². The summed E-state index contributed by atoms with van der Waals surface area (Å²) in [6.07, 6.45) is 1.87. The van der Waals surface area contributed by atoms with E-state index in [4.69, 9.17) is 9.47 Å². The zero-order valence-electron chi connectivity index (χ0n) is 17.3. The van der Waals surface area contributed by atoms with Crippen molar-refractivity contribution in [3.8, 4) is 11.5 Å². The highest BCUT2D eigenvalue weighted by atomic mass is 16.5. The van der Waals surface area contributed by atoms with Crippen LogP contribution in [0.25, 0.3) is 10.9 Å². The minimum atomic E-state index is -0.319. The maximum atomic E-state index is 12.2. The molecule has 0 aliphatic rings. The molecule has 0 spiro atoms. The van der Waals surface area contributed by atoms with Gasteiger partial charge in [0.05, 0.1) is 13.7 Å². The lowest BCUT2D eigenvalue weighted by Crippen LogP contribution is -2.32. The van der Waals surface area contributed by atoms with Crippen LogP contribution in [0.5, 0.6) is 11.5 Å². The number of carbonyl (C=O) groups excluding carboxylic acids is 2. The van der Waals surface area contributed by atoms with E-state index in [0.717, 1.165) is 10.9 Å². The zero-order valence-corrected chi connectivity index (χ0v) is 17.3. The van der Waals surface area contributed by atoms with Gasteiger partial charge in [0.15, 0.2) is 11.5 Å².